The number of rotatable bonds is 5. The molecule has 0 aliphatic heterocycles. The predicted octanol–water partition coefficient (Wildman–Crippen LogP) is 0.390. The van der Waals surface area contributed by atoms with E-state index in [9.17, 15) is 21.6 Å². The molecule has 0 radical (unpaired) electrons. The molecule has 0 unspecified atom stereocenters. The summed E-state index contributed by atoms with van der Waals surface area (Å²) in [5.41, 5.74) is -0.264. The number of primary sulfonamides is 1. The number of carbonyl (C=O) groups excluding carboxylic acids is 1. The molecule has 0 fully saturated rings. The summed E-state index contributed by atoms with van der Waals surface area (Å²) in [6.07, 6.45) is -1.19. The quantitative estimate of drug-likeness (QED) is 0.695. The van der Waals surface area contributed by atoms with E-state index in [0.717, 1.165) is 18.2 Å². The summed E-state index contributed by atoms with van der Waals surface area (Å²) in [6.45, 7) is 1.47. The van der Waals surface area contributed by atoms with Crippen molar-refractivity contribution < 1.29 is 26.4 Å². The van der Waals surface area contributed by atoms with Gasteiger partial charge in [-0.3, -0.25) is 4.72 Å². The molecule has 0 aliphatic carbocycles. The van der Waals surface area contributed by atoms with Crippen LogP contribution in [0.15, 0.2) is 23.1 Å². The third-order valence-corrected chi connectivity index (χ3v) is 4.17. The van der Waals surface area contributed by atoms with Crippen LogP contribution in [-0.4, -0.2) is 29.5 Å². The zero-order valence-corrected chi connectivity index (χ0v) is 13.0. The molecule has 118 valence electrons. The number of nitrogens with one attached hydrogen (secondary N) is 2. The van der Waals surface area contributed by atoms with E-state index in [1.54, 1.807) is 4.72 Å². The summed E-state index contributed by atoms with van der Waals surface area (Å²) in [7, 11) is -8.37. The first kappa shape index (κ1) is 17.5. The number of hydrogen-bond acceptors (Lipinski definition) is 6. The zero-order chi connectivity index (χ0) is 16.3. The maximum absolute atomic E-state index is 11.6. The van der Waals surface area contributed by atoms with Gasteiger partial charge in [-0.15, -0.1) is 0 Å². The molecule has 1 aromatic rings. The summed E-state index contributed by atoms with van der Waals surface area (Å²) in [5.74, 6) is 0. The Morgan fingerprint density at radius 3 is 2.48 bits per heavy atom. The van der Waals surface area contributed by atoms with Crippen LogP contribution in [0.2, 0.25) is 5.02 Å². The fourth-order valence-corrected chi connectivity index (χ4v) is 2.75. The Balaban J connectivity index is 3.04. The van der Waals surface area contributed by atoms with Crippen LogP contribution in [0, 0.1) is 0 Å². The van der Waals surface area contributed by atoms with Crippen LogP contribution in [0.25, 0.3) is 0 Å². The lowest BCUT2D eigenvalue weighted by Gasteiger charge is -2.11. The van der Waals surface area contributed by atoms with Crippen molar-refractivity contribution in [2.75, 3.05) is 11.3 Å². The molecule has 0 aromatic heterocycles. The normalized spacial score (nSPS) is 11.8. The highest BCUT2D eigenvalue weighted by Gasteiger charge is 2.18. The number of ether oxygens (including phenoxy) is 1. The molecule has 21 heavy (non-hydrogen) atoms. The van der Waals surface area contributed by atoms with Crippen molar-refractivity contribution in [1.82, 2.24) is 4.72 Å². The number of amides is 1. The highest BCUT2D eigenvalue weighted by molar-refractivity contribution is 7.91. The minimum absolute atomic E-state index is 0.0248. The van der Waals surface area contributed by atoms with Gasteiger partial charge in [0.05, 0.1) is 22.2 Å². The second-order valence-electron chi connectivity index (χ2n) is 3.61. The monoisotopic (exact) mass is 357 g/mol. The Bertz CT molecular complexity index is 747. The van der Waals surface area contributed by atoms with E-state index in [4.69, 9.17) is 16.7 Å². The van der Waals surface area contributed by atoms with Crippen LogP contribution in [0.5, 0.6) is 0 Å². The Kier molecular flexibility index (Phi) is 5.39. The van der Waals surface area contributed by atoms with Crippen LogP contribution in [-0.2, 0) is 25.0 Å². The van der Waals surface area contributed by atoms with Gasteiger partial charge in [0.25, 0.3) is 0 Å². The Labute approximate surface area is 126 Å². The molecule has 0 spiro atoms. The molecule has 12 heteroatoms. The molecule has 1 amide bonds. The molecule has 4 N–H and O–H groups in total. The van der Waals surface area contributed by atoms with E-state index in [2.05, 4.69) is 4.74 Å². The first-order valence-corrected chi connectivity index (χ1v) is 8.75. The first-order valence-electron chi connectivity index (χ1n) is 5.35. The third kappa shape index (κ3) is 5.38. The van der Waals surface area contributed by atoms with E-state index < -0.39 is 26.3 Å². The summed E-state index contributed by atoms with van der Waals surface area (Å²) in [4.78, 5) is 10.7. The van der Waals surface area contributed by atoms with Crippen molar-refractivity contribution in [3.05, 3.63) is 23.2 Å². The smallest absolute Gasteiger partial charge is 0.422 e. The molecular weight excluding hydrogens is 346 g/mol. The molecule has 1 aromatic carbocycles. The largest absolute Gasteiger partial charge is 0.449 e. The third-order valence-electron chi connectivity index (χ3n) is 2.00. The second-order valence-corrected chi connectivity index (χ2v) is 7.00. The number of nitrogens with two attached hydrogens (primary N) is 1. The van der Waals surface area contributed by atoms with Gasteiger partial charge >= 0.3 is 16.3 Å². The minimum Gasteiger partial charge on any atom is -0.449 e. The molecule has 0 saturated heterocycles. The molecule has 1 rings (SSSR count). The van der Waals surface area contributed by atoms with Gasteiger partial charge in [0.2, 0.25) is 10.0 Å². The lowest BCUT2D eigenvalue weighted by molar-refractivity contribution is 0.159. The van der Waals surface area contributed by atoms with Gasteiger partial charge in [-0.05, 0) is 25.1 Å². The minimum atomic E-state index is -4.34. The SMILES string of the molecule is CCOC(=O)NS(=O)(=O)Nc1cc(S(N)(=O)=O)ccc1Cl. The lowest BCUT2D eigenvalue weighted by atomic mass is 10.3. The van der Waals surface area contributed by atoms with Gasteiger partial charge in [-0.25, -0.2) is 23.1 Å². The standard InChI is InChI=1S/C9H12ClN3O6S2/c1-2-19-9(14)13-21(17,18)12-8-5-6(20(11,15)16)3-4-7(8)10/h3-5,12H,2H2,1H3,(H,13,14)(H2,11,15,16). The van der Waals surface area contributed by atoms with E-state index in [1.807, 2.05) is 4.72 Å². The number of anilines is 1. The first-order chi connectivity index (χ1) is 9.55. The summed E-state index contributed by atoms with van der Waals surface area (Å²) >= 11 is 5.74. The van der Waals surface area contributed by atoms with Crippen molar-refractivity contribution in [2.24, 2.45) is 5.14 Å². The van der Waals surface area contributed by atoms with Crippen molar-refractivity contribution >= 4 is 43.6 Å². The van der Waals surface area contributed by atoms with E-state index in [0.29, 0.717) is 0 Å². The van der Waals surface area contributed by atoms with Crippen LogP contribution in [0.1, 0.15) is 6.92 Å². The van der Waals surface area contributed by atoms with Gasteiger partial charge in [-0.1, -0.05) is 11.6 Å². The molecule has 0 saturated carbocycles. The fourth-order valence-electron chi connectivity index (χ4n) is 1.20. The maximum Gasteiger partial charge on any atom is 0.422 e. The summed E-state index contributed by atoms with van der Waals surface area (Å²) in [5, 5.41) is 4.84. The lowest BCUT2D eigenvalue weighted by Crippen LogP contribution is -2.35. The molecule has 9 nitrogen and oxygen atoms in total. The summed E-state index contributed by atoms with van der Waals surface area (Å²) in [6, 6.07) is 3.17. The van der Waals surface area contributed by atoms with Gasteiger partial charge in [-0.2, -0.15) is 8.42 Å². The van der Waals surface area contributed by atoms with E-state index in [1.165, 1.54) is 6.92 Å². The van der Waals surface area contributed by atoms with Crippen molar-refractivity contribution in [2.45, 2.75) is 11.8 Å². The van der Waals surface area contributed by atoms with Crippen molar-refractivity contribution in [1.29, 1.82) is 0 Å². The van der Waals surface area contributed by atoms with Gasteiger partial charge in [0, 0.05) is 0 Å². The number of sulfonamides is 1. The van der Waals surface area contributed by atoms with Crippen molar-refractivity contribution in [3.63, 3.8) is 0 Å². The predicted molar refractivity (Wildman–Crippen MR) is 75.5 cm³/mol. The molecule has 0 heterocycles. The van der Waals surface area contributed by atoms with E-state index in [-0.39, 0.29) is 22.2 Å². The number of benzene rings is 1. The Morgan fingerprint density at radius 1 is 1.33 bits per heavy atom. The van der Waals surface area contributed by atoms with Crippen LogP contribution in [0.3, 0.4) is 0 Å². The van der Waals surface area contributed by atoms with Crippen LogP contribution < -0.4 is 14.6 Å². The topological polar surface area (TPSA) is 145 Å². The number of halogens is 1. The molecule has 0 aliphatic rings. The average Bonchev–Trinajstić information content (AvgIpc) is 2.29. The molecule has 0 atom stereocenters. The van der Waals surface area contributed by atoms with Gasteiger partial charge in [0.1, 0.15) is 0 Å². The fraction of sp³-hybridized carbons (Fsp3) is 0.222. The van der Waals surface area contributed by atoms with Crippen LogP contribution in [0.4, 0.5) is 10.5 Å². The average molecular weight is 358 g/mol. The molecular formula is C9H12ClN3O6S2. The Morgan fingerprint density at radius 2 is 1.95 bits per heavy atom. The number of carbonyl (C=O) groups is 1. The van der Waals surface area contributed by atoms with Gasteiger partial charge in [0.15, 0.2) is 0 Å². The molecule has 0 bridgehead atoms. The maximum atomic E-state index is 11.6. The van der Waals surface area contributed by atoms with Gasteiger partial charge < -0.3 is 4.74 Å². The van der Waals surface area contributed by atoms with E-state index >= 15 is 0 Å². The summed E-state index contributed by atoms with van der Waals surface area (Å²) < 4.78 is 53.5. The Hall–Kier alpha value is -1.56. The number of hydrogen-bond donors (Lipinski definition) is 3. The highest BCUT2D eigenvalue weighted by atomic mass is 35.5. The zero-order valence-electron chi connectivity index (χ0n) is 10.7. The highest BCUT2D eigenvalue weighted by Crippen LogP contribution is 2.25. The van der Waals surface area contributed by atoms with Crippen molar-refractivity contribution in [3.8, 4) is 0 Å². The second kappa shape index (κ2) is 6.47. The van der Waals surface area contributed by atoms with Crippen LogP contribution >= 0.6 is 11.6 Å².